The molecule has 0 spiro atoms. The lowest BCUT2D eigenvalue weighted by molar-refractivity contribution is 0.0705. The van der Waals surface area contributed by atoms with Crippen LogP contribution in [0.4, 0.5) is 0 Å². The van der Waals surface area contributed by atoms with E-state index in [1.54, 1.807) is 5.57 Å². The van der Waals surface area contributed by atoms with Crippen LogP contribution in [-0.2, 0) is 0 Å². The molecule has 1 saturated heterocycles. The molecule has 36 heavy (non-hydrogen) atoms. The van der Waals surface area contributed by atoms with Crippen LogP contribution in [0.15, 0.2) is 54.1 Å². The van der Waals surface area contributed by atoms with Crippen molar-refractivity contribution in [1.82, 2.24) is 5.32 Å². The molecule has 2 aromatic carbocycles. The fraction of sp³-hybridized carbons (Fsp3) is 0.576. The molecule has 1 heterocycles. The number of ether oxygens (including phenoxy) is 1. The summed E-state index contributed by atoms with van der Waals surface area (Å²) >= 11 is 6.31. The van der Waals surface area contributed by atoms with Crippen LogP contribution in [0.3, 0.4) is 0 Å². The van der Waals surface area contributed by atoms with Gasteiger partial charge in [0.25, 0.3) is 0 Å². The largest absolute Gasteiger partial charge is 0.493 e. The molecule has 1 unspecified atom stereocenters. The first kappa shape index (κ1) is 24.6. The van der Waals surface area contributed by atoms with Crippen molar-refractivity contribution in [3.8, 4) is 5.75 Å². The summed E-state index contributed by atoms with van der Waals surface area (Å²) in [6.45, 7) is 3.26. The Kier molecular flexibility index (Phi) is 7.72. The summed E-state index contributed by atoms with van der Waals surface area (Å²) in [5.41, 5.74) is 5.76. The predicted octanol–water partition coefficient (Wildman–Crippen LogP) is 8.54. The number of halogens is 1. The van der Waals surface area contributed by atoms with Gasteiger partial charge in [-0.25, -0.2) is 0 Å². The quantitative estimate of drug-likeness (QED) is 0.328. The summed E-state index contributed by atoms with van der Waals surface area (Å²) in [6.07, 6.45) is 14.9. The van der Waals surface area contributed by atoms with Crippen LogP contribution < -0.4 is 10.1 Å². The van der Waals surface area contributed by atoms with Crippen molar-refractivity contribution in [3.05, 3.63) is 70.3 Å². The first-order valence-electron chi connectivity index (χ1n) is 14.7. The molecule has 4 saturated carbocycles. The first-order chi connectivity index (χ1) is 17.7. The second-order valence-electron chi connectivity index (χ2n) is 12.0. The van der Waals surface area contributed by atoms with Gasteiger partial charge in [0.2, 0.25) is 0 Å². The van der Waals surface area contributed by atoms with Crippen molar-refractivity contribution in [1.29, 1.82) is 0 Å². The van der Waals surface area contributed by atoms with Crippen LogP contribution in [0.25, 0.3) is 5.57 Å². The van der Waals surface area contributed by atoms with Crippen molar-refractivity contribution < 1.29 is 4.74 Å². The molecule has 7 rings (SSSR count). The Morgan fingerprint density at radius 1 is 0.833 bits per heavy atom. The maximum Gasteiger partial charge on any atom is 0.127 e. The lowest BCUT2D eigenvalue weighted by Gasteiger charge is -2.52. The standard InChI is InChI=1S/C33H42ClNO/c34-29-12-10-26(11-13-29)33(32-27-18-24-17-25(20-27)21-28(32)19-24)30-8-4-5-9-31(30)36-16-6-2-1-3-7-23-14-15-35-22-23/h4-5,8-13,23-25,27-28,35H,1-3,6-7,14-22H2. The van der Waals surface area contributed by atoms with Gasteiger partial charge in [0.05, 0.1) is 6.61 Å². The van der Waals surface area contributed by atoms with E-state index in [0.29, 0.717) is 0 Å². The number of unbranched alkanes of at least 4 members (excludes halogenated alkanes) is 3. The van der Waals surface area contributed by atoms with Crippen LogP contribution in [0.2, 0.25) is 5.02 Å². The fourth-order valence-electron chi connectivity index (χ4n) is 8.02. The van der Waals surface area contributed by atoms with Crippen LogP contribution in [0, 0.1) is 29.6 Å². The van der Waals surface area contributed by atoms with Crippen LogP contribution in [0.1, 0.15) is 81.8 Å². The lowest BCUT2D eigenvalue weighted by atomic mass is 9.53. The normalized spacial score (nSPS) is 28.6. The monoisotopic (exact) mass is 503 g/mol. The predicted molar refractivity (Wildman–Crippen MR) is 151 cm³/mol. The van der Waals surface area contributed by atoms with E-state index in [9.17, 15) is 0 Å². The van der Waals surface area contributed by atoms with Gasteiger partial charge in [0.1, 0.15) is 5.75 Å². The molecule has 192 valence electrons. The number of hydrogen-bond acceptors (Lipinski definition) is 2. The van der Waals surface area contributed by atoms with E-state index in [1.165, 1.54) is 94.0 Å². The number of allylic oxidation sites excluding steroid dienone is 1. The smallest absolute Gasteiger partial charge is 0.127 e. The zero-order chi connectivity index (χ0) is 24.3. The lowest BCUT2D eigenvalue weighted by Crippen LogP contribution is -2.40. The minimum Gasteiger partial charge on any atom is -0.493 e. The van der Waals surface area contributed by atoms with E-state index in [2.05, 4.69) is 53.8 Å². The average Bonchev–Trinajstić information content (AvgIpc) is 3.40. The zero-order valence-corrected chi connectivity index (χ0v) is 22.4. The van der Waals surface area contributed by atoms with Crippen LogP contribution >= 0.6 is 11.6 Å². The summed E-state index contributed by atoms with van der Waals surface area (Å²) in [7, 11) is 0. The highest BCUT2D eigenvalue weighted by atomic mass is 35.5. The highest BCUT2D eigenvalue weighted by Gasteiger charge is 2.46. The number of rotatable bonds is 10. The third-order valence-corrected chi connectivity index (χ3v) is 9.77. The molecule has 4 aliphatic carbocycles. The highest BCUT2D eigenvalue weighted by Crippen LogP contribution is 2.59. The molecule has 0 amide bonds. The van der Waals surface area contributed by atoms with Crippen molar-refractivity contribution in [2.45, 2.75) is 70.6 Å². The molecule has 0 aromatic heterocycles. The van der Waals surface area contributed by atoms with Crippen molar-refractivity contribution in [2.75, 3.05) is 19.7 Å². The molecule has 5 aliphatic rings. The van der Waals surface area contributed by atoms with Gasteiger partial charge in [-0.2, -0.15) is 0 Å². The zero-order valence-electron chi connectivity index (χ0n) is 21.7. The van der Waals surface area contributed by atoms with Gasteiger partial charge in [-0.3, -0.25) is 0 Å². The maximum atomic E-state index is 6.52. The van der Waals surface area contributed by atoms with E-state index in [-0.39, 0.29) is 0 Å². The molecule has 1 aliphatic heterocycles. The molecule has 4 bridgehead atoms. The minimum atomic E-state index is 0.745. The molecular weight excluding hydrogens is 462 g/mol. The van der Waals surface area contributed by atoms with E-state index < -0.39 is 0 Å². The van der Waals surface area contributed by atoms with E-state index >= 15 is 0 Å². The topological polar surface area (TPSA) is 21.3 Å². The third kappa shape index (κ3) is 5.41. The molecule has 2 nitrogen and oxygen atoms in total. The summed E-state index contributed by atoms with van der Waals surface area (Å²) < 4.78 is 6.52. The Labute approximate surface area is 222 Å². The molecule has 3 heteroatoms. The molecule has 0 radical (unpaired) electrons. The van der Waals surface area contributed by atoms with Crippen molar-refractivity contribution in [2.24, 2.45) is 29.6 Å². The Morgan fingerprint density at radius 3 is 2.28 bits per heavy atom. The van der Waals surface area contributed by atoms with Crippen molar-refractivity contribution in [3.63, 3.8) is 0 Å². The summed E-state index contributed by atoms with van der Waals surface area (Å²) in [5.74, 6) is 5.38. The van der Waals surface area contributed by atoms with E-state index in [4.69, 9.17) is 16.3 Å². The Morgan fingerprint density at radius 2 is 1.56 bits per heavy atom. The van der Waals surface area contributed by atoms with Crippen LogP contribution in [0.5, 0.6) is 5.75 Å². The molecular formula is C33H42ClNO. The molecule has 5 fully saturated rings. The summed E-state index contributed by atoms with van der Waals surface area (Å²) in [6, 6.07) is 17.4. The molecule has 1 atom stereocenters. The Bertz CT molecular complexity index is 1020. The second kappa shape index (κ2) is 11.3. The van der Waals surface area contributed by atoms with E-state index in [1.807, 2.05) is 0 Å². The van der Waals surface area contributed by atoms with Gasteiger partial charge < -0.3 is 10.1 Å². The van der Waals surface area contributed by atoms with Gasteiger partial charge in [-0.15, -0.1) is 0 Å². The van der Waals surface area contributed by atoms with Crippen LogP contribution in [-0.4, -0.2) is 19.7 Å². The first-order valence-corrected chi connectivity index (χ1v) is 15.1. The van der Waals surface area contributed by atoms with Gasteiger partial charge in [0, 0.05) is 10.6 Å². The Hall–Kier alpha value is -1.77. The second-order valence-corrected chi connectivity index (χ2v) is 12.5. The van der Waals surface area contributed by atoms with Gasteiger partial charge in [-0.1, -0.05) is 66.8 Å². The number of para-hydroxylation sites is 1. The SMILES string of the molecule is Clc1ccc(C(=C2C3CC4CC(C3)CC2C4)c2ccccc2OCCCCCCC2CCNC2)cc1. The third-order valence-electron chi connectivity index (χ3n) is 9.52. The number of hydrogen-bond donors (Lipinski definition) is 1. The fourth-order valence-corrected chi connectivity index (χ4v) is 8.15. The minimum absolute atomic E-state index is 0.745. The summed E-state index contributed by atoms with van der Waals surface area (Å²) in [4.78, 5) is 0. The number of benzene rings is 2. The van der Waals surface area contributed by atoms with E-state index in [0.717, 1.165) is 53.4 Å². The van der Waals surface area contributed by atoms with Gasteiger partial charge in [0.15, 0.2) is 0 Å². The highest BCUT2D eigenvalue weighted by molar-refractivity contribution is 6.30. The maximum absolute atomic E-state index is 6.52. The average molecular weight is 504 g/mol. The van der Waals surface area contributed by atoms with Gasteiger partial charge in [-0.05, 0) is 123 Å². The molecule has 1 N–H and O–H groups in total. The Balaban J connectivity index is 1.19. The number of nitrogens with one attached hydrogen (secondary N) is 1. The van der Waals surface area contributed by atoms with Crippen molar-refractivity contribution >= 4 is 17.2 Å². The molecule has 2 aromatic rings. The van der Waals surface area contributed by atoms with Gasteiger partial charge >= 0.3 is 0 Å². The summed E-state index contributed by atoms with van der Waals surface area (Å²) in [5, 5.41) is 4.30.